The van der Waals surface area contributed by atoms with E-state index in [2.05, 4.69) is 51.0 Å². The van der Waals surface area contributed by atoms with Gasteiger partial charge in [0.25, 0.3) is 0 Å². The second-order valence-electron chi connectivity index (χ2n) is 6.10. The zero-order valence-electron chi connectivity index (χ0n) is 12.2. The number of hydrogen-bond acceptors (Lipinski definition) is 2. The summed E-state index contributed by atoms with van der Waals surface area (Å²) < 4.78 is 0. The lowest BCUT2D eigenvalue weighted by atomic mass is 9.82. The van der Waals surface area contributed by atoms with E-state index in [1.807, 2.05) is 0 Å². The maximum Gasteiger partial charge on any atom is 0.0482 e. The Bertz CT molecular complexity index is 397. The maximum atomic E-state index is 6.63. The first-order valence-electron chi connectivity index (χ1n) is 6.97. The molecule has 1 aliphatic carbocycles. The van der Waals surface area contributed by atoms with Gasteiger partial charge in [-0.3, -0.25) is 0 Å². The van der Waals surface area contributed by atoms with Gasteiger partial charge in [-0.15, -0.1) is 0 Å². The van der Waals surface area contributed by atoms with Crippen LogP contribution in [0.2, 0.25) is 0 Å². The number of benzene rings is 1. The first-order chi connectivity index (χ1) is 8.45. The van der Waals surface area contributed by atoms with Crippen LogP contribution in [-0.2, 0) is 0 Å². The third-order valence-electron chi connectivity index (χ3n) is 4.54. The van der Waals surface area contributed by atoms with Crippen molar-refractivity contribution in [3.63, 3.8) is 0 Å². The summed E-state index contributed by atoms with van der Waals surface area (Å²) in [6.45, 7) is 4.31. The summed E-state index contributed by atoms with van der Waals surface area (Å²) in [5, 5.41) is 0. The van der Waals surface area contributed by atoms with E-state index in [0.29, 0.717) is 0 Å². The molecule has 2 heteroatoms. The zero-order valence-corrected chi connectivity index (χ0v) is 12.2. The molecule has 0 amide bonds. The van der Waals surface area contributed by atoms with Gasteiger partial charge in [0, 0.05) is 11.6 Å². The summed E-state index contributed by atoms with van der Waals surface area (Å²) >= 11 is 0. The zero-order chi connectivity index (χ0) is 13.3. The van der Waals surface area contributed by atoms with Gasteiger partial charge in [0.15, 0.2) is 0 Å². The number of nitrogens with zero attached hydrogens (tertiary/aromatic N) is 1. The van der Waals surface area contributed by atoms with Gasteiger partial charge >= 0.3 is 0 Å². The van der Waals surface area contributed by atoms with E-state index >= 15 is 0 Å². The van der Waals surface area contributed by atoms with Gasteiger partial charge in [-0.1, -0.05) is 42.2 Å². The minimum Gasteiger partial charge on any atom is -0.322 e. The molecule has 1 aromatic carbocycles. The molecule has 0 bridgehead atoms. The molecule has 1 unspecified atom stereocenters. The Labute approximate surface area is 111 Å². The van der Waals surface area contributed by atoms with E-state index in [-0.39, 0.29) is 11.6 Å². The van der Waals surface area contributed by atoms with E-state index in [9.17, 15) is 0 Å². The predicted molar refractivity (Wildman–Crippen MR) is 77.7 cm³/mol. The Morgan fingerprint density at radius 2 is 1.56 bits per heavy atom. The molecular formula is C16H26N2. The minimum absolute atomic E-state index is 0.119. The third-order valence-corrected chi connectivity index (χ3v) is 4.54. The monoisotopic (exact) mass is 246 g/mol. The standard InChI is InChI=1S/C16H26N2/c1-12-9-13(2)11-14(10-12)15(17)16(18(3)4)7-5-6-8-16/h9-11,15H,5-8,17H2,1-4H3. The van der Waals surface area contributed by atoms with Gasteiger partial charge in [-0.2, -0.15) is 0 Å². The Morgan fingerprint density at radius 3 is 2.00 bits per heavy atom. The molecule has 2 N–H and O–H groups in total. The van der Waals surface area contributed by atoms with Crippen LogP contribution in [0.25, 0.3) is 0 Å². The molecule has 1 fully saturated rings. The summed E-state index contributed by atoms with van der Waals surface area (Å²) in [7, 11) is 4.35. The highest BCUT2D eigenvalue weighted by Gasteiger charge is 2.42. The first kappa shape index (κ1) is 13.6. The van der Waals surface area contributed by atoms with Crippen molar-refractivity contribution in [3.8, 4) is 0 Å². The van der Waals surface area contributed by atoms with Crippen LogP contribution in [0.3, 0.4) is 0 Å². The normalized spacial score (nSPS) is 20.3. The lowest BCUT2D eigenvalue weighted by Gasteiger charge is -2.42. The van der Waals surface area contributed by atoms with Crippen molar-refractivity contribution in [3.05, 3.63) is 34.9 Å². The summed E-state index contributed by atoms with van der Waals surface area (Å²) in [6, 6.07) is 6.84. The topological polar surface area (TPSA) is 29.3 Å². The Hall–Kier alpha value is -0.860. The van der Waals surface area contributed by atoms with Gasteiger partial charge in [0.2, 0.25) is 0 Å². The molecule has 0 spiro atoms. The molecular weight excluding hydrogens is 220 g/mol. The molecule has 100 valence electrons. The molecule has 1 aromatic rings. The fourth-order valence-corrected chi connectivity index (χ4v) is 3.52. The van der Waals surface area contributed by atoms with E-state index in [1.165, 1.54) is 42.4 Å². The molecule has 2 nitrogen and oxygen atoms in total. The summed E-state index contributed by atoms with van der Waals surface area (Å²) in [5.41, 5.74) is 10.7. The van der Waals surface area contributed by atoms with Gasteiger partial charge < -0.3 is 10.6 Å². The summed E-state index contributed by atoms with van der Waals surface area (Å²) in [5.74, 6) is 0. The van der Waals surface area contributed by atoms with Crippen LogP contribution < -0.4 is 5.73 Å². The summed E-state index contributed by atoms with van der Waals surface area (Å²) in [4.78, 5) is 2.35. The van der Waals surface area contributed by atoms with Gasteiger partial charge in [-0.25, -0.2) is 0 Å². The highest BCUT2D eigenvalue weighted by Crippen LogP contribution is 2.42. The number of hydrogen-bond donors (Lipinski definition) is 1. The van der Waals surface area contributed by atoms with Crippen LogP contribution in [0.5, 0.6) is 0 Å². The van der Waals surface area contributed by atoms with Crippen molar-refractivity contribution >= 4 is 0 Å². The van der Waals surface area contributed by atoms with Crippen molar-refractivity contribution in [1.29, 1.82) is 0 Å². The Morgan fingerprint density at radius 1 is 1.06 bits per heavy atom. The van der Waals surface area contributed by atoms with E-state index in [4.69, 9.17) is 5.73 Å². The van der Waals surface area contributed by atoms with E-state index < -0.39 is 0 Å². The van der Waals surface area contributed by atoms with Crippen LogP contribution in [0.15, 0.2) is 18.2 Å². The number of nitrogens with two attached hydrogens (primary N) is 1. The van der Waals surface area contributed by atoms with Crippen LogP contribution >= 0.6 is 0 Å². The first-order valence-corrected chi connectivity index (χ1v) is 6.97. The van der Waals surface area contributed by atoms with Gasteiger partial charge in [0.1, 0.15) is 0 Å². The maximum absolute atomic E-state index is 6.63. The Kier molecular flexibility index (Phi) is 3.79. The van der Waals surface area contributed by atoms with Crippen molar-refractivity contribution in [2.45, 2.75) is 51.1 Å². The molecule has 0 aromatic heterocycles. The molecule has 0 saturated heterocycles. The van der Waals surface area contributed by atoms with E-state index in [1.54, 1.807) is 0 Å². The Balaban J connectivity index is 2.36. The number of rotatable bonds is 3. The fraction of sp³-hybridized carbons (Fsp3) is 0.625. The molecule has 1 aliphatic rings. The average Bonchev–Trinajstić information content (AvgIpc) is 2.76. The van der Waals surface area contributed by atoms with Crippen LogP contribution in [0, 0.1) is 13.8 Å². The quantitative estimate of drug-likeness (QED) is 0.887. The third kappa shape index (κ3) is 2.32. The van der Waals surface area contributed by atoms with Crippen molar-refractivity contribution < 1.29 is 0 Å². The molecule has 1 saturated carbocycles. The fourth-order valence-electron chi connectivity index (χ4n) is 3.52. The average molecular weight is 246 g/mol. The molecule has 2 rings (SSSR count). The molecule has 18 heavy (non-hydrogen) atoms. The lowest BCUT2D eigenvalue weighted by Crippen LogP contribution is -2.50. The SMILES string of the molecule is Cc1cc(C)cc(C(N)C2(N(C)C)CCCC2)c1. The molecule has 0 radical (unpaired) electrons. The van der Waals surface area contributed by atoms with Gasteiger partial charge in [-0.05, 0) is 46.3 Å². The largest absolute Gasteiger partial charge is 0.322 e. The van der Waals surface area contributed by atoms with E-state index in [0.717, 1.165) is 0 Å². The second-order valence-corrected chi connectivity index (χ2v) is 6.10. The van der Waals surface area contributed by atoms with Crippen molar-refractivity contribution in [2.75, 3.05) is 14.1 Å². The highest BCUT2D eigenvalue weighted by molar-refractivity contribution is 5.32. The second kappa shape index (κ2) is 5.02. The number of likely N-dealkylation sites (N-methyl/N-ethyl adjacent to an activating group) is 1. The number of aryl methyl sites for hydroxylation is 2. The van der Waals surface area contributed by atoms with Crippen molar-refractivity contribution in [2.24, 2.45) is 5.73 Å². The van der Waals surface area contributed by atoms with Crippen molar-refractivity contribution in [1.82, 2.24) is 4.90 Å². The van der Waals surface area contributed by atoms with Crippen LogP contribution in [0.4, 0.5) is 0 Å². The minimum atomic E-state index is 0.119. The molecule has 0 heterocycles. The molecule has 1 atom stereocenters. The lowest BCUT2D eigenvalue weighted by molar-refractivity contribution is 0.123. The summed E-state index contributed by atoms with van der Waals surface area (Å²) in [6.07, 6.45) is 5.04. The van der Waals surface area contributed by atoms with Crippen LogP contribution in [0.1, 0.15) is 48.4 Å². The highest BCUT2D eigenvalue weighted by atomic mass is 15.2. The van der Waals surface area contributed by atoms with Gasteiger partial charge in [0.05, 0.1) is 0 Å². The van der Waals surface area contributed by atoms with Crippen LogP contribution in [-0.4, -0.2) is 24.5 Å². The smallest absolute Gasteiger partial charge is 0.0482 e. The predicted octanol–water partition coefficient (Wildman–Crippen LogP) is 3.18. The molecule has 0 aliphatic heterocycles.